The molecule has 1 aromatic heterocycles. The topological polar surface area (TPSA) is 52.5 Å². The van der Waals surface area contributed by atoms with Gasteiger partial charge < -0.3 is 4.98 Å². The number of hydrogen-bond acceptors (Lipinski definition) is 2. The second-order valence-corrected chi connectivity index (χ2v) is 3.69. The number of imidazole rings is 1. The molecule has 80 valence electrons. The highest BCUT2D eigenvalue weighted by molar-refractivity contribution is 6.32. The van der Waals surface area contributed by atoms with E-state index in [1.54, 1.807) is 6.20 Å². The largest absolute Gasteiger partial charge is 0.342 e. The Morgan fingerprint density at radius 2 is 2.25 bits per heavy atom. The highest BCUT2D eigenvalue weighted by Crippen LogP contribution is 2.28. The maximum atomic E-state index is 13.2. The third-order valence-electron chi connectivity index (χ3n) is 2.16. The molecule has 0 fully saturated rings. The van der Waals surface area contributed by atoms with Gasteiger partial charge in [0.15, 0.2) is 0 Å². The van der Waals surface area contributed by atoms with Gasteiger partial charge in [-0.15, -0.1) is 0 Å². The van der Waals surface area contributed by atoms with Gasteiger partial charge in [0.05, 0.1) is 10.6 Å². The van der Waals surface area contributed by atoms with E-state index in [4.69, 9.17) is 16.9 Å². The standard InChI is InChI=1S/C11H7ClFN3/c1-6-5-15-11(16-6)7-2-3-9(13)10(12)8(7)4-14/h2-3,5H,1H3,(H,15,16). The van der Waals surface area contributed by atoms with E-state index in [9.17, 15) is 4.39 Å². The molecule has 0 unspecified atom stereocenters. The number of aromatic nitrogens is 2. The van der Waals surface area contributed by atoms with Crippen LogP contribution in [0.15, 0.2) is 18.3 Å². The van der Waals surface area contributed by atoms with E-state index in [-0.39, 0.29) is 10.6 Å². The van der Waals surface area contributed by atoms with E-state index >= 15 is 0 Å². The zero-order valence-electron chi connectivity index (χ0n) is 8.38. The summed E-state index contributed by atoms with van der Waals surface area (Å²) < 4.78 is 13.2. The Kier molecular flexibility index (Phi) is 2.63. The first kappa shape index (κ1) is 10.7. The van der Waals surface area contributed by atoms with Gasteiger partial charge in [-0.05, 0) is 19.1 Å². The molecular formula is C11H7ClFN3. The summed E-state index contributed by atoms with van der Waals surface area (Å²) in [6.07, 6.45) is 1.63. The lowest BCUT2D eigenvalue weighted by atomic mass is 10.1. The van der Waals surface area contributed by atoms with Gasteiger partial charge in [0, 0.05) is 17.5 Å². The number of H-pyrrole nitrogens is 1. The van der Waals surface area contributed by atoms with Gasteiger partial charge in [0.25, 0.3) is 0 Å². The van der Waals surface area contributed by atoms with Crippen LogP contribution in [0, 0.1) is 24.1 Å². The van der Waals surface area contributed by atoms with Crippen molar-refractivity contribution in [3.8, 4) is 17.5 Å². The lowest BCUT2D eigenvalue weighted by Gasteiger charge is -2.03. The number of rotatable bonds is 1. The molecule has 0 bridgehead atoms. The predicted molar refractivity (Wildman–Crippen MR) is 58.4 cm³/mol. The van der Waals surface area contributed by atoms with Gasteiger partial charge in [-0.25, -0.2) is 9.37 Å². The number of nitrogens with one attached hydrogen (secondary N) is 1. The molecule has 2 aromatic rings. The molecule has 0 saturated heterocycles. The van der Waals surface area contributed by atoms with Crippen molar-refractivity contribution < 1.29 is 4.39 Å². The Bertz CT molecular complexity index is 583. The van der Waals surface area contributed by atoms with Crippen molar-refractivity contribution in [1.29, 1.82) is 5.26 Å². The minimum absolute atomic E-state index is 0.0935. The van der Waals surface area contributed by atoms with Crippen LogP contribution in [0.25, 0.3) is 11.4 Å². The molecule has 0 aliphatic heterocycles. The van der Waals surface area contributed by atoms with Gasteiger partial charge in [0.1, 0.15) is 17.7 Å². The summed E-state index contributed by atoms with van der Waals surface area (Å²) in [5.41, 5.74) is 1.46. The highest BCUT2D eigenvalue weighted by Gasteiger charge is 2.14. The number of nitriles is 1. The van der Waals surface area contributed by atoms with Crippen LogP contribution in [0.1, 0.15) is 11.3 Å². The SMILES string of the molecule is Cc1cnc(-c2ccc(F)c(Cl)c2C#N)[nH]1. The Morgan fingerprint density at radius 3 is 2.81 bits per heavy atom. The molecule has 0 aliphatic carbocycles. The minimum Gasteiger partial charge on any atom is -0.342 e. The summed E-state index contributed by atoms with van der Waals surface area (Å²) in [5.74, 6) is -0.0961. The molecule has 1 aromatic carbocycles. The van der Waals surface area contributed by atoms with Crippen molar-refractivity contribution in [2.75, 3.05) is 0 Å². The number of benzene rings is 1. The van der Waals surface area contributed by atoms with E-state index in [1.807, 2.05) is 13.0 Å². The maximum Gasteiger partial charge on any atom is 0.143 e. The average Bonchev–Trinajstić information content (AvgIpc) is 2.68. The van der Waals surface area contributed by atoms with Crippen LogP contribution in [-0.2, 0) is 0 Å². The normalized spacial score (nSPS) is 10.1. The van der Waals surface area contributed by atoms with Crippen LogP contribution in [0.2, 0.25) is 5.02 Å². The summed E-state index contributed by atoms with van der Waals surface area (Å²) in [5, 5.41) is 8.78. The number of aromatic amines is 1. The summed E-state index contributed by atoms with van der Waals surface area (Å²) in [6, 6.07) is 4.58. The van der Waals surface area contributed by atoms with Crippen molar-refractivity contribution in [3.05, 3.63) is 40.4 Å². The van der Waals surface area contributed by atoms with Crippen molar-refractivity contribution in [2.45, 2.75) is 6.92 Å². The molecule has 3 nitrogen and oxygen atoms in total. The Morgan fingerprint density at radius 1 is 1.50 bits per heavy atom. The van der Waals surface area contributed by atoms with E-state index in [2.05, 4.69) is 9.97 Å². The summed E-state index contributed by atoms with van der Waals surface area (Å²) >= 11 is 5.72. The number of aryl methyl sites for hydroxylation is 1. The van der Waals surface area contributed by atoms with Crippen molar-refractivity contribution in [1.82, 2.24) is 9.97 Å². The fourth-order valence-corrected chi connectivity index (χ4v) is 1.61. The molecule has 0 atom stereocenters. The summed E-state index contributed by atoms with van der Waals surface area (Å²) in [4.78, 5) is 7.05. The molecule has 0 amide bonds. The van der Waals surface area contributed by atoms with Crippen LogP contribution in [0.4, 0.5) is 4.39 Å². The van der Waals surface area contributed by atoms with E-state index in [0.29, 0.717) is 11.4 Å². The van der Waals surface area contributed by atoms with Crippen LogP contribution in [-0.4, -0.2) is 9.97 Å². The Hall–Kier alpha value is -1.86. The van der Waals surface area contributed by atoms with Crippen LogP contribution in [0.3, 0.4) is 0 Å². The Labute approximate surface area is 96.5 Å². The predicted octanol–water partition coefficient (Wildman–Crippen LogP) is 3.05. The average molecular weight is 236 g/mol. The van der Waals surface area contributed by atoms with Gasteiger partial charge in [0.2, 0.25) is 0 Å². The second kappa shape index (κ2) is 3.95. The van der Waals surface area contributed by atoms with E-state index < -0.39 is 5.82 Å². The van der Waals surface area contributed by atoms with Crippen LogP contribution >= 0.6 is 11.6 Å². The number of nitrogens with zero attached hydrogens (tertiary/aromatic N) is 2. The molecule has 0 saturated carbocycles. The van der Waals surface area contributed by atoms with Gasteiger partial charge >= 0.3 is 0 Å². The lowest BCUT2D eigenvalue weighted by molar-refractivity contribution is 0.628. The fraction of sp³-hybridized carbons (Fsp3) is 0.0909. The molecule has 5 heteroatoms. The number of hydrogen-bond donors (Lipinski definition) is 1. The van der Waals surface area contributed by atoms with Gasteiger partial charge in [-0.2, -0.15) is 5.26 Å². The molecule has 1 heterocycles. The minimum atomic E-state index is -0.606. The first-order valence-electron chi connectivity index (χ1n) is 4.53. The van der Waals surface area contributed by atoms with Gasteiger partial charge in [-0.1, -0.05) is 11.6 Å². The highest BCUT2D eigenvalue weighted by atomic mass is 35.5. The van der Waals surface area contributed by atoms with Crippen molar-refractivity contribution in [2.24, 2.45) is 0 Å². The number of halogens is 2. The maximum absolute atomic E-state index is 13.2. The molecule has 0 spiro atoms. The second-order valence-electron chi connectivity index (χ2n) is 3.31. The third kappa shape index (κ3) is 1.66. The molecule has 0 radical (unpaired) electrons. The monoisotopic (exact) mass is 235 g/mol. The molecule has 1 N–H and O–H groups in total. The zero-order chi connectivity index (χ0) is 11.7. The molecule has 2 rings (SSSR count). The zero-order valence-corrected chi connectivity index (χ0v) is 9.14. The summed E-state index contributed by atoms with van der Waals surface area (Å²) in [6.45, 7) is 1.84. The van der Waals surface area contributed by atoms with Gasteiger partial charge in [-0.3, -0.25) is 0 Å². The quantitative estimate of drug-likeness (QED) is 0.826. The fourth-order valence-electron chi connectivity index (χ4n) is 1.41. The van der Waals surface area contributed by atoms with Crippen molar-refractivity contribution >= 4 is 11.6 Å². The first-order chi connectivity index (χ1) is 7.63. The molecular weight excluding hydrogens is 229 g/mol. The Balaban J connectivity index is 2.67. The van der Waals surface area contributed by atoms with Crippen molar-refractivity contribution in [3.63, 3.8) is 0 Å². The first-order valence-corrected chi connectivity index (χ1v) is 4.91. The van der Waals surface area contributed by atoms with E-state index in [1.165, 1.54) is 12.1 Å². The van der Waals surface area contributed by atoms with Crippen LogP contribution < -0.4 is 0 Å². The van der Waals surface area contributed by atoms with E-state index in [0.717, 1.165) is 5.69 Å². The molecule has 0 aliphatic rings. The third-order valence-corrected chi connectivity index (χ3v) is 2.53. The van der Waals surface area contributed by atoms with Crippen LogP contribution in [0.5, 0.6) is 0 Å². The smallest absolute Gasteiger partial charge is 0.143 e. The molecule has 16 heavy (non-hydrogen) atoms. The lowest BCUT2D eigenvalue weighted by Crippen LogP contribution is -1.90. The summed E-state index contributed by atoms with van der Waals surface area (Å²) in [7, 11) is 0.